The summed E-state index contributed by atoms with van der Waals surface area (Å²) in [4.78, 5) is 0. The fourth-order valence-electron chi connectivity index (χ4n) is 2.88. The second kappa shape index (κ2) is 8.23. The van der Waals surface area contributed by atoms with Gasteiger partial charge in [0, 0.05) is 5.39 Å². The first-order valence-electron chi connectivity index (χ1n) is 8.47. The first-order valence-corrected chi connectivity index (χ1v) is 8.47. The summed E-state index contributed by atoms with van der Waals surface area (Å²) in [6.07, 6.45) is 10.3. The van der Waals surface area contributed by atoms with Gasteiger partial charge in [0.2, 0.25) is 0 Å². The topological polar surface area (TPSA) is 39.2 Å². The van der Waals surface area contributed by atoms with Crippen molar-refractivity contribution in [3.63, 3.8) is 0 Å². The van der Waals surface area contributed by atoms with Crippen molar-refractivity contribution >= 4 is 11.0 Å². The van der Waals surface area contributed by atoms with E-state index in [0.717, 1.165) is 17.8 Å². The molecule has 0 spiro atoms. The molecule has 21 heavy (non-hydrogen) atoms. The van der Waals surface area contributed by atoms with E-state index < -0.39 is 0 Å². The van der Waals surface area contributed by atoms with Crippen molar-refractivity contribution in [2.45, 2.75) is 71.3 Å². The molecule has 1 aromatic heterocycles. The van der Waals surface area contributed by atoms with Gasteiger partial charge >= 0.3 is 0 Å². The van der Waals surface area contributed by atoms with Crippen LogP contribution in [0.5, 0.6) is 0 Å². The smallest absolute Gasteiger partial charge is 0.137 e. The molecule has 1 aromatic carbocycles. The predicted octanol–water partition coefficient (Wildman–Crippen LogP) is 5.88. The minimum absolute atomic E-state index is 0.0347. The maximum atomic E-state index is 6.28. The van der Waals surface area contributed by atoms with Crippen LogP contribution in [0, 0.1) is 6.92 Å². The minimum Gasteiger partial charge on any atom is -0.459 e. The highest BCUT2D eigenvalue weighted by molar-refractivity contribution is 5.80. The Morgan fingerprint density at radius 3 is 2.48 bits per heavy atom. The Kier molecular flexibility index (Phi) is 6.31. The lowest BCUT2D eigenvalue weighted by Gasteiger charge is -2.08. The molecular weight excluding hydrogens is 258 g/mol. The summed E-state index contributed by atoms with van der Waals surface area (Å²) in [5, 5.41) is 1.17. The molecule has 0 aliphatic heterocycles. The summed E-state index contributed by atoms with van der Waals surface area (Å²) >= 11 is 0. The van der Waals surface area contributed by atoms with Gasteiger partial charge in [-0.2, -0.15) is 0 Å². The Labute approximate surface area is 128 Å². The molecule has 2 aromatic rings. The first kappa shape index (κ1) is 16.1. The number of hydrogen-bond donors (Lipinski definition) is 1. The van der Waals surface area contributed by atoms with E-state index in [0.29, 0.717) is 0 Å². The second-order valence-electron chi connectivity index (χ2n) is 6.16. The molecular formula is C19H29NO. The Hall–Kier alpha value is -1.28. The maximum absolute atomic E-state index is 6.28. The summed E-state index contributed by atoms with van der Waals surface area (Å²) in [5.41, 5.74) is 8.45. The second-order valence-corrected chi connectivity index (χ2v) is 6.16. The zero-order valence-electron chi connectivity index (χ0n) is 13.5. The molecule has 1 unspecified atom stereocenters. The Morgan fingerprint density at radius 2 is 1.76 bits per heavy atom. The van der Waals surface area contributed by atoms with Crippen LogP contribution in [0.4, 0.5) is 0 Å². The van der Waals surface area contributed by atoms with E-state index in [-0.39, 0.29) is 6.04 Å². The molecule has 116 valence electrons. The highest BCUT2D eigenvalue weighted by Gasteiger charge is 2.12. The monoisotopic (exact) mass is 287 g/mol. The number of benzene rings is 1. The number of hydrogen-bond acceptors (Lipinski definition) is 2. The van der Waals surface area contributed by atoms with E-state index in [1.54, 1.807) is 0 Å². The molecule has 1 heterocycles. The van der Waals surface area contributed by atoms with Crippen LogP contribution >= 0.6 is 0 Å². The van der Waals surface area contributed by atoms with Crippen molar-refractivity contribution in [1.29, 1.82) is 0 Å². The maximum Gasteiger partial charge on any atom is 0.137 e. The van der Waals surface area contributed by atoms with E-state index in [4.69, 9.17) is 10.2 Å². The van der Waals surface area contributed by atoms with Crippen molar-refractivity contribution in [2.24, 2.45) is 5.73 Å². The van der Waals surface area contributed by atoms with Gasteiger partial charge in [-0.15, -0.1) is 0 Å². The van der Waals surface area contributed by atoms with Gasteiger partial charge in [-0.1, -0.05) is 70.1 Å². The summed E-state index contributed by atoms with van der Waals surface area (Å²) in [7, 11) is 0. The van der Waals surface area contributed by atoms with E-state index >= 15 is 0 Å². The van der Waals surface area contributed by atoms with Gasteiger partial charge < -0.3 is 10.2 Å². The zero-order chi connectivity index (χ0) is 15.1. The molecule has 2 heteroatoms. The molecule has 0 bridgehead atoms. The Balaban J connectivity index is 1.77. The largest absolute Gasteiger partial charge is 0.459 e. The van der Waals surface area contributed by atoms with Gasteiger partial charge in [0.25, 0.3) is 0 Å². The number of unbranched alkanes of at least 4 members (excludes halogenated alkanes) is 6. The van der Waals surface area contributed by atoms with E-state index in [1.807, 2.05) is 0 Å². The summed E-state index contributed by atoms with van der Waals surface area (Å²) in [6.45, 7) is 4.34. The van der Waals surface area contributed by atoms with Gasteiger partial charge in [0.1, 0.15) is 11.3 Å². The van der Waals surface area contributed by atoms with E-state index in [9.17, 15) is 0 Å². The molecule has 0 radical (unpaired) electrons. The number of para-hydroxylation sites is 1. The number of furan rings is 1. The quantitative estimate of drug-likeness (QED) is 0.585. The third-order valence-corrected chi connectivity index (χ3v) is 4.24. The molecule has 0 aliphatic carbocycles. The Morgan fingerprint density at radius 1 is 1.05 bits per heavy atom. The average Bonchev–Trinajstić information content (AvgIpc) is 2.92. The zero-order valence-corrected chi connectivity index (χ0v) is 13.5. The third-order valence-electron chi connectivity index (χ3n) is 4.24. The summed E-state index contributed by atoms with van der Waals surface area (Å²) < 4.78 is 5.95. The number of rotatable bonds is 9. The highest BCUT2D eigenvalue weighted by atomic mass is 16.3. The van der Waals surface area contributed by atoms with Crippen molar-refractivity contribution in [1.82, 2.24) is 0 Å². The number of aryl methyl sites for hydroxylation is 1. The standard InChI is InChI=1S/C19H29NO/c1-3-4-5-6-7-8-9-13-17(20)18-14-16-12-10-11-15(2)19(16)21-18/h10-12,14,17H,3-9,13,20H2,1-2H3. The SMILES string of the molecule is CCCCCCCCCC(N)c1cc2cccc(C)c2o1. The number of nitrogens with two attached hydrogens (primary N) is 1. The van der Waals surface area contributed by atoms with Crippen LogP contribution in [0.2, 0.25) is 0 Å². The molecule has 0 saturated heterocycles. The van der Waals surface area contributed by atoms with Gasteiger partial charge in [0.05, 0.1) is 6.04 Å². The lowest BCUT2D eigenvalue weighted by Crippen LogP contribution is -2.08. The average molecular weight is 287 g/mol. The molecule has 2 rings (SSSR count). The third kappa shape index (κ3) is 4.60. The van der Waals surface area contributed by atoms with Crippen molar-refractivity contribution in [3.05, 3.63) is 35.6 Å². The van der Waals surface area contributed by atoms with Crippen LogP contribution in [0.3, 0.4) is 0 Å². The van der Waals surface area contributed by atoms with E-state index in [2.05, 4.69) is 38.1 Å². The molecule has 2 nitrogen and oxygen atoms in total. The minimum atomic E-state index is 0.0347. The lowest BCUT2D eigenvalue weighted by atomic mass is 10.0. The molecule has 1 atom stereocenters. The molecule has 2 N–H and O–H groups in total. The highest BCUT2D eigenvalue weighted by Crippen LogP contribution is 2.27. The normalized spacial score (nSPS) is 12.9. The predicted molar refractivity (Wildman–Crippen MR) is 90.5 cm³/mol. The van der Waals surface area contributed by atoms with Crippen molar-refractivity contribution in [3.8, 4) is 0 Å². The summed E-state index contributed by atoms with van der Waals surface area (Å²) in [5.74, 6) is 0.935. The van der Waals surface area contributed by atoms with Crippen LogP contribution in [0.15, 0.2) is 28.7 Å². The van der Waals surface area contributed by atoms with Crippen LogP contribution in [0.1, 0.15) is 75.7 Å². The fourth-order valence-corrected chi connectivity index (χ4v) is 2.88. The summed E-state index contributed by atoms with van der Waals surface area (Å²) in [6, 6.07) is 8.38. The van der Waals surface area contributed by atoms with Crippen molar-refractivity contribution < 1.29 is 4.42 Å². The molecule has 0 amide bonds. The molecule has 0 aliphatic rings. The lowest BCUT2D eigenvalue weighted by molar-refractivity contribution is 0.457. The van der Waals surface area contributed by atoms with E-state index in [1.165, 1.54) is 55.9 Å². The van der Waals surface area contributed by atoms with Gasteiger partial charge in [-0.05, 0) is 25.0 Å². The van der Waals surface area contributed by atoms with Gasteiger partial charge in [-0.25, -0.2) is 0 Å². The van der Waals surface area contributed by atoms with Gasteiger partial charge in [0.15, 0.2) is 0 Å². The number of fused-ring (bicyclic) bond motifs is 1. The van der Waals surface area contributed by atoms with Crippen LogP contribution < -0.4 is 5.73 Å². The molecule has 0 saturated carbocycles. The van der Waals surface area contributed by atoms with Crippen LogP contribution in [0.25, 0.3) is 11.0 Å². The fraction of sp³-hybridized carbons (Fsp3) is 0.579. The van der Waals surface area contributed by atoms with Crippen LogP contribution in [-0.4, -0.2) is 0 Å². The Bertz CT molecular complexity index is 543. The molecule has 0 fully saturated rings. The first-order chi connectivity index (χ1) is 10.2. The van der Waals surface area contributed by atoms with Crippen molar-refractivity contribution in [2.75, 3.05) is 0 Å². The van der Waals surface area contributed by atoms with Crippen LogP contribution in [-0.2, 0) is 0 Å². The van der Waals surface area contributed by atoms with Gasteiger partial charge in [-0.3, -0.25) is 0 Å².